The van der Waals surface area contributed by atoms with Crippen molar-refractivity contribution in [2.24, 2.45) is 0 Å². The van der Waals surface area contributed by atoms with Gasteiger partial charge in [0.25, 0.3) is 0 Å². The van der Waals surface area contributed by atoms with Crippen LogP contribution in [-0.4, -0.2) is 32.6 Å². The van der Waals surface area contributed by atoms with E-state index in [4.69, 9.17) is 16.3 Å². The van der Waals surface area contributed by atoms with Crippen LogP contribution in [0, 0.1) is 0 Å². The molecule has 4 rings (SSSR count). The lowest BCUT2D eigenvalue weighted by Gasteiger charge is -2.19. The minimum Gasteiger partial charge on any atom is -0.454 e. The molecule has 0 saturated heterocycles. The number of sulfone groups is 1. The van der Waals surface area contributed by atoms with E-state index in [0.29, 0.717) is 10.6 Å². The maximum absolute atomic E-state index is 12.9. The van der Waals surface area contributed by atoms with Crippen LogP contribution >= 0.6 is 11.6 Å². The molecule has 0 atom stereocenters. The van der Waals surface area contributed by atoms with E-state index in [1.54, 1.807) is 18.2 Å². The van der Waals surface area contributed by atoms with Gasteiger partial charge in [-0.1, -0.05) is 23.7 Å². The average Bonchev–Trinajstić information content (AvgIpc) is 2.76. The first-order chi connectivity index (χ1) is 14.3. The quantitative estimate of drug-likeness (QED) is 0.354. The topological polar surface area (TPSA) is 94.6 Å². The first-order valence-corrected chi connectivity index (χ1v) is 10.6. The lowest BCUT2D eigenvalue weighted by Crippen LogP contribution is -2.21. The molecule has 1 heterocycles. The van der Waals surface area contributed by atoms with Crippen LogP contribution in [0.15, 0.2) is 76.5 Å². The maximum Gasteiger partial charge on any atom is 0.338 e. The predicted octanol–water partition coefficient (Wildman–Crippen LogP) is 3.76. The molecule has 0 bridgehead atoms. The number of carbonyl (C=O) groups excluding carboxylic acids is 3. The van der Waals surface area contributed by atoms with Gasteiger partial charge in [-0.25, -0.2) is 13.2 Å². The van der Waals surface area contributed by atoms with Gasteiger partial charge < -0.3 is 4.74 Å². The van der Waals surface area contributed by atoms with E-state index in [2.05, 4.69) is 0 Å². The lowest BCUT2D eigenvalue weighted by molar-refractivity contribution is 0.0474. The first-order valence-electron chi connectivity index (χ1n) is 8.78. The molecule has 0 unspecified atom stereocenters. The summed E-state index contributed by atoms with van der Waals surface area (Å²) in [5, 5.41) is 0.468. The van der Waals surface area contributed by atoms with Crippen molar-refractivity contribution in [3.63, 3.8) is 0 Å². The van der Waals surface area contributed by atoms with Crippen molar-refractivity contribution in [3.8, 4) is 0 Å². The summed E-state index contributed by atoms with van der Waals surface area (Å²) in [7, 11) is -3.98. The highest BCUT2D eigenvalue weighted by Crippen LogP contribution is 2.34. The molecule has 3 aromatic carbocycles. The zero-order valence-electron chi connectivity index (χ0n) is 15.3. The summed E-state index contributed by atoms with van der Waals surface area (Å²) in [4.78, 5) is 36.8. The van der Waals surface area contributed by atoms with Crippen LogP contribution in [0.25, 0.3) is 0 Å². The van der Waals surface area contributed by atoms with Crippen molar-refractivity contribution in [3.05, 3.63) is 94.0 Å². The van der Waals surface area contributed by atoms with E-state index >= 15 is 0 Å². The van der Waals surface area contributed by atoms with Gasteiger partial charge in [-0.2, -0.15) is 0 Å². The molecule has 6 nitrogen and oxygen atoms in total. The second-order valence-electron chi connectivity index (χ2n) is 6.55. The Morgan fingerprint density at radius 3 is 2.20 bits per heavy atom. The van der Waals surface area contributed by atoms with Gasteiger partial charge in [-0.05, 0) is 54.6 Å². The van der Waals surface area contributed by atoms with Crippen LogP contribution in [0.1, 0.15) is 36.6 Å². The van der Waals surface area contributed by atoms with Crippen LogP contribution in [0.2, 0.25) is 5.02 Å². The lowest BCUT2D eigenvalue weighted by atomic mass is 10.0. The molecule has 3 aromatic rings. The van der Waals surface area contributed by atoms with Crippen molar-refractivity contribution in [1.82, 2.24) is 0 Å². The van der Waals surface area contributed by atoms with E-state index in [1.807, 2.05) is 0 Å². The van der Waals surface area contributed by atoms with Gasteiger partial charge in [-0.3, -0.25) is 9.59 Å². The van der Waals surface area contributed by atoms with Crippen LogP contribution in [0.3, 0.4) is 0 Å². The first kappa shape index (κ1) is 20.0. The third-order valence-corrected chi connectivity index (χ3v) is 6.78. The Morgan fingerprint density at radius 1 is 0.833 bits per heavy atom. The fraction of sp³-hybridized carbons (Fsp3) is 0.0455. The highest BCUT2D eigenvalue weighted by Gasteiger charge is 2.35. The number of hydrogen-bond acceptors (Lipinski definition) is 6. The Labute approximate surface area is 177 Å². The predicted molar refractivity (Wildman–Crippen MR) is 108 cm³/mol. The largest absolute Gasteiger partial charge is 0.454 e. The monoisotopic (exact) mass is 440 g/mol. The van der Waals surface area contributed by atoms with Gasteiger partial charge in [0.2, 0.25) is 9.84 Å². The number of fused-ring (bicyclic) bond motifs is 2. The average molecular weight is 441 g/mol. The highest BCUT2D eigenvalue weighted by atomic mass is 35.5. The molecule has 150 valence electrons. The maximum atomic E-state index is 12.9. The number of ketones is 2. The summed E-state index contributed by atoms with van der Waals surface area (Å²) < 4.78 is 30.9. The number of ether oxygens (including phenoxy) is 1. The number of esters is 1. The van der Waals surface area contributed by atoms with Crippen molar-refractivity contribution >= 4 is 39.0 Å². The third-order valence-electron chi connectivity index (χ3n) is 4.67. The molecule has 0 radical (unpaired) electrons. The summed E-state index contributed by atoms with van der Waals surface area (Å²) >= 11 is 5.78. The molecular formula is C22H13ClO6S. The summed E-state index contributed by atoms with van der Waals surface area (Å²) in [6, 6.07) is 15.7. The van der Waals surface area contributed by atoms with Gasteiger partial charge >= 0.3 is 5.97 Å². The molecule has 0 fully saturated rings. The van der Waals surface area contributed by atoms with Crippen molar-refractivity contribution < 1.29 is 27.5 Å². The Kier molecular flexibility index (Phi) is 5.01. The Morgan fingerprint density at radius 2 is 1.47 bits per heavy atom. The zero-order valence-corrected chi connectivity index (χ0v) is 16.9. The van der Waals surface area contributed by atoms with Gasteiger partial charge in [-0.15, -0.1) is 0 Å². The summed E-state index contributed by atoms with van der Waals surface area (Å²) in [6.45, 7) is -0.522. The van der Waals surface area contributed by atoms with E-state index in [-0.39, 0.29) is 26.5 Å². The van der Waals surface area contributed by atoms with E-state index in [1.165, 1.54) is 42.5 Å². The number of hydrogen-bond donors (Lipinski definition) is 0. The van der Waals surface area contributed by atoms with E-state index in [9.17, 15) is 22.8 Å². The summed E-state index contributed by atoms with van der Waals surface area (Å²) in [5.74, 6) is -1.75. The summed E-state index contributed by atoms with van der Waals surface area (Å²) in [5.41, 5.74) is 0.326. The van der Waals surface area contributed by atoms with Gasteiger partial charge in [0.1, 0.15) is 0 Å². The summed E-state index contributed by atoms with van der Waals surface area (Å²) in [6.07, 6.45) is 0. The third kappa shape index (κ3) is 3.42. The molecule has 0 saturated carbocycles. The van der Waals surface area contributed by atoms with E-state index < -0.39 is 34.0 Å². The molecule has 0 N–H and O–H groups in total. The normalized spacial score (nSPS) is 13.8. The fourth-order valence-corrected chi connectivity index (χ4v) is 4.95. The van der Waals surface area contributed by atoms with Gasteiger partial charge in [0.15, 0.2) is 18.2 Å². The molecule has 0 amide bonds. The number of rotatable bonds is 4. The molecule has 1 aliphatic rings. The Hall–Kier alpha value is -3.29. The molecular weight excluding hydrogens is 428 g/mol. The van der Waals surface area contributed by atoms with Crippen LogP contribution < -0.4 is 0 Å². The minimum atomic E-state index is -3.98. The second kappa shape index (κ2) is 7.51. The number of Topliss-reactive ketones (excluding diaryl/α,β-unsaturated/α-hetero) is 1. The number of carbonyl (C=O) groups is 3. The Bertz CT molecular complexity index is 1310. The SMILES string of the molecule is O=C(COC(=O)c1ccc2c(c1)S(=O)(=O)c1ccccc1C2=O)c1ccc(Cl)cc1. The minimum absolute atomic E-state index is 0.0116. The molecule has 1 aliphatic heterocycles. The van der Waals surface area contributed by atoms with Crippen molar-refractivity contribution in [2.45, 2.75) is 9.79 Å². The van der Waals surface area contributed by atoms with E-state index in [0.717, 1.165) is 6.07 Å². The Balaban J connectivity index is 1.59. The molecule has 8 heteroatoms. The number of benzene rings is 3. The van der Waals surface area contributed by atoms with Crippen molar-refractivity contribution in [2.75, 3.05) is 6.61 Å². The molecule has 0 aromatic heterocycles. The fourth-order valence-electron chi connectivity index (χ4n) is 3.14. The van der Waals surface area contributed by atoms with Crippen LogP contribution in [0.5, 0.6) is 0 Å². The van der Waals surface area contributed by atoms with Crippen molar-refractivity contribution in [1.29, 1.82) is 0 Å². The van der Waals surface area contributed by atoms with Gasteiger partial charge in [0.05, 0.1) is 15.4 Å². The van der Waals surface area contributed by atoms with Crippen LogP contribution in [-0.2, 0) is 14.6 Å². The number of halogens is 1. The molecule has 0 aliphatic carbocycles. The standard InChI is InChI=1S/C22H13ClO6S/c23-15-8-5-13(6-9-15)18(24)12-29-22(26)14-7-10-17-20(11-14)30(27,28)19-4-2-1-3-16(19)21(17)25/h1-11H,12H2. The second-order valence-corrected chi connectivity index (χ2v) is 8.87. The zero-order chi connectivity index (χ0) is 21.5. The van der Waals surface area contributed by atoms with Crippen LogP contribution in [0.4, 0.5) is 0 Å². The van der Waals surface area contributed by atoms with Gasteiger partial charge in [0, 0.05) is 21.7 Å². The highest BCUT2D eigenvalue weighted by molar-refractivity contribution is 7.91. The smallest absolute Gasteiger partial charge is 0.338 e. The molecule has 30 heavy (non-hydrogen) atoms. The molecule has 0 spiro atoms.